The molecule has 1 aromatic carbocycles. The molecule has 1 aliphatic rings. The molecule has 2 N–H and O–H groups in total. The quantitative estimate of drug-likeness (QED) is 0.912. The minimum Gasteiger partial charge on any atom is -0.481 e. The highest BCUT2D eigenvalue weighted by Gasteiger charge is 2.34. The minimum absolute atomic E-state index is 0.219. The predicted molar refractivity (Wildman–Crippen MR) is 82.7 cm³/mol. The Labute approximate surface area is 132 Å². The largest absolute Gasteiger partial charge is 0.481 e. The van der Waals surface area contributed by atoms with Gasteiger partial charge in [-0.3, -0.25) is 14.6 Å². The van der Waals surface area contributed by atoms with E-state index in [0.29, 0.717) is 23.8 Å². The molecule has 120 valence electrons. The summed E-state index contributed by atoms with van der Waals surface area (Å²) in [6.07, 6.45) is 3.32. The number of nitrogens with zero attached hydrogens (tertiary/aromatic N) is 1. The van der Waals surface area contributed by atoms with Crippen LogP contribution < -0.4 is 5.32 Å². The highest BCUT2D eigenvalue weighted by atomic mass is 19.1. The lowest BCUT2D eigenvalue weighted by Gasteiger charge is -2.17. The molecule has 2 unspecified atom stereocenters. The summed E-state index contributed by atoms with van der Waals surface area (Å²) in [6, 6.07) is 4.37. The van der Waals surface area contributed by atoms with Crippen LogP contribution in [0.5, 0.6) is 0 Å². The molecule has 1 heterocycles. The van der Waals surface area contributed by atoms with Gasteiger partial charge in [-0.25, -0.2) is 4.39 Å². The van der Waals surface area contributed by atoms with Crippen LogP contribution in [-0.4, -0.2) is 28.0 Å². The average Bonchev–Trinajstić information content (AvgIpc) is 2.94. The van der Waals surface area contributed by atoms with Gasteiger partial charge in [-0.2, -0.15) is 0 Å². The second-order valence-electron chi connectivity index (χ2n) is 6.00. The SMILES string of the molecule is Cc1cc(F)c2ncc(C(=O)NC3CCCC3C(=O)O)cc2c1. The van der Waals surface area contributed by atoms with E-state index in [1.165, 1.54) is 12.3 Å². The number of amides is 1. The van der Waals surface area contributed by atoms with Gasteiger partial charge in [0.15, 0.2) is 0 Å². The topological polar surface area (TPSA) is 79.3 Å². The molecule has 0 bridgehead atoms. The van der Waals surface area contributed by atoms with Crippen LogP contribution >= 0.6 is 0 Å². The number of rotatable bonds is 3. The maximum Gasteiger partial charge on any atom is 0.308 e. The summed E-state index contributed by atoms with van der Waals surface area (Å²) in [5, 5.41) is 12.5. The van der Waals surface area contributed by atoms with Crippen LogP contribution in [0.3, 0.4) is 0 Å². The number of hydrogen-bond donors (Lipinski definition) is 2. The first-order valence-electron chi connectivity index (χ1n) is 7.55. The first-order valence-corrected chi connectivity index (χ1v) is 7.55. The number of carbonyl (C=O) groups is 2. The molecule has 2 atom stereocenters. The number of benzene rings is 1. The van der Waals surface area contributed by atoms with Crippen molar-refractivity contribution < 1.29 is 19.1 Å². The Kier molecular flexibility index (Phi) is 3.98. The Balaban J connectivity index is 1.85. The van der Waals surface area contributed by atoms with Gasteiger partial charge in [0.2, 0.25) is 0 Å². The molecular formula is C17H17FN2O3. The fraction of sp³-hybridized carbons (Fsp3) is 0.353. The van der Waals surface area contributed by atoms with Crippen molar-refractivity contribution >= 4 is 22.8 Å². The summed E-state index contributed by atoms with van der Waals surface area (Å²) in [6.45, 7) is 1.77. The van der Waals surface area contributed by atoms with E-state index in [1.807, 2.05) is 0 Å². The highest BCUT2D eigenvalue weighted by Crippen LogP contribution is 2.26. The molecule has 1 fully saturated rings. The number of pyridine rings is 1. The van der Waals surface area contributed by atoms with Gasteiger partial charge in [-0.1, -0.05) is 6.42 Å². The molecule has 0 aliphatic heterocycles. The van der Waals surface area contributed by atoms with Gasteiger partial charge >= 0.3 is 5.97 Å². The number of carboxylic acid groups (broad SMARTS) is 1. The number of carbonyl (C=O) groups excluding carboxylic acids is 1. The average molecular weight is 316 g/mol. The van der Waals surface area contributed by atoms with Crippen molar-refractivity contribution in [3.63, 3.8) is 0 Å². The Morgan fingerprint density at radius 1 is 1.30 bits per heavy atom. The number of aliphatic carboxylic acids is 1. The lowest BCUT2D eigenvalue weighted by molar-refractivity contribution is -0.142. The maximum atomic E-state index is 13.8. The summed E-state index contributed by atoms with van der Waals surface area (Å²) in [7, 11) is 0. The van der Waals surface area contributed by atoms with E-state index in [-0.39, 0.29) is 17.5 Å². The Hall–Kier alpha value is -2.50. The van der Waals surface area contributed by atoms with Crippen LogP contribution in [0.4, 0.5) is 4.39 Å². The van der Waals surface area contributed by atoms with E-state index in [1.54, 1.807) is 19.1 Å². The molecule has 0 spiro atoms. The summed E-state index contributed by atoms with van der Waals surface area (Å²) < 4.78 is 13.8. The van der Waals surface area contributed by atoms with E-state index in [2.05, 4.69) is 10.3 Å². The zero-order chi connectivity index (χ0) is 16.6. The molecule has 1 aliphatic carbocycles. The van der Waals surface area contributed by atoms with Crippen LogP contribution in [0.2, 0.25) is 0 Å². The first kappa shape index (κ1) is 15.4. The molecule has 3 rings (SSSR count). The zero-order valence-corrected chi connectivity index (χ0v) is 12.7. The number of nitrogens with one attached hydrogen (secondary N) is 1. The van der Waals surface area contributed by atoms with Crippen molar-refractivity contribution in [2.45, 2.75) is 32.2 Å². The standard InChI is InChI=1S/C17H17FN2O3/c1-9-5-10-7-11(8-19-15(10)13(18)6-9)16(21)20-14-4-2-3-12(14)17(22)23/h5-8,12,14H,2-4H2,1H3,(H,20,21)(H,22,23). The van der Waals surface area contributed by atoms with Crippen LogP contribution in [0, 0.1) is 18.7 Å². The lowest BCUT2D eigenvalue weighted by atomic mass is 10.0. The summed E-state index contributed by atoms with van der Waals surface area (Å²) in [5.41, 5.74) is 1.27. The minimum atomic E-state index is -0.887. The van der Waals surface area contributed by atoms with E-state index in [0.717, 1.165) is 12.0 Å². The van der Waals surface area contributed by atoms with Crippen molar-refractivity contribution in [3.8, 4) is 0 Å². The van der Waals surface area contributed by atoms with Gasteiger partial charge in [0.05, 0.1) is 11.5 Å². The van der Waals surface area contributed by atoms with Crippen LogP contribution in [-0.2, 0) is 4.79 Å². The van der Waals surface area contributed by atoms with Gasteiger partial charge in [0.25, 0.3) is 5.91 Å². The number of hydrogen-bond acceptors (Lipinski definition) is 3. The van der Waals surface area contributed by atoms with Crippen LogP contribution in [0.15, 0.2) is 24.4 Å². The van der Waals surface area contributed by atoms with Crippen molar-refractivity contribution in [2.75, 3.05) is 0 Å². The third-order valence-corrected chi connectivity index (χ3v) is 4.29. The zero-order valence-electron chi connectivity index (χ0n) is 12.7. The monoisotopic (exact) mass is 316 g/mol. The molecule has 0 radical (unpaired) electrons. The fourth-order valence-electron chi connectivity index (χ4n) is 3.15. The molecular weight excluding hydrogens is 299 g/mol. The predicted octanol–water partition coefficient (Wildman–Crippen LogP) is 2.67. The Morgan fingerprint density at radius 3 is 2.83 bits per heavy atom. The normalized spacial score (nSPS) is 20.6. The van der Waals surface area contributed by atoms with Crippen molar-refractivity contribution in [3.05, 3.63) is 41.3 Å². The number of aryl methyl sites for hydroxylation is 1. The van der Waals surface area contributed by atoms with Gasteiger partial charge in [-0.15, -0.1) is 0 Å². The molecule has 2 aromatic rings. The van der Waals surface area contributed by atoms with E-state index in [9.17, 15) is 14.0 Å². The Morgan fingerprint density at radius 2 is 2.09 bits per heavy atom. The number of aromatic nitrogens is 1. The van der Waals surface area contributed by atoms with Crippen LogP contribution in [0.25, 0.3) is 10.9 Å². The summed E-state index contributed by atoms with van der Waals surface area (Å²) >= 11 is 0. The Bertz CT molecular complexity index is 791. The molecule has 1 aromatic heterocycles. The van der Waals surface area contributed by atoms with Crippen LogP contribution in [0.1, 0.15) is 35.2 Å². The van der Waals surface area contributed by atoms with E-state index in [4.69, 9.17) is 5.11 Å². The molecule has 6 heteroatoms. The van der Waals surface area contributed by atoms with E-state index >= 15 is 0 Å². The first-order chi connectivity index (χ1) is 11.0. The third kappa shape index (κ3) is 3.02. The van der Waals surface area contributed by atoms with Crippen molar-refractivity contribution in [2.24, 2.45) is 5.92 Å². The highest BCUT2D eigenvalue weighted by molar-refractivity contribution is 5.97. The fourth-order valence-corrected chi connectivity index (χ4v) is 3.15. The lowest BCUT2D eigenvalue weighted by Crippen LogP contribution is -2.40. The molecule has 1 amide bonds. The third-order valence-electron chi connectivity index (χ3n) is 4.29. The number of halogens is 1. The molecule has 23 heavy (non-hydrogen) atoms. The van der Waals surface area contributed by atoms with Gasteiger partial charge in [-0.05, 0) is 43.5 Å². The second-order valence-corrected chi connectivity index (χ2v) is 6.00. The summed E-state index contributed by atoms with van der Waals surface area (Å²) in [4.78, 5) is 27.5. The summed E-state index contributed by atoms with van der Waals surface area (Å²) in [5.74, 6) is -2.23. The maximum absolute atomic E-state index is 13.8. The van der Waals surface area contributed by atoms with Gasteiger partial charge in [0, 0.05) is 17.6 Å². The van der Waals surface area contributed by atoms with E-state index < -0.39 is 17.7 Å². The number of carboxylic acids is 1. The van der Waals surface area contributed by atoms with Gasteiger partial charge < -0.3 is 10.4 Å². The molecule has 5 nitrogen and oxygen atoms in total. The second kappa shape index (κ2) is 5.95. The smallest absolute Gasteiger partial charge is 0.308 e. The van der Waals surface area contributed by atoms with Crippen molar-refractivity contribution in [1.82, 2.24) is 10.3 Å². The number of fused-ring (bicyclic) bond motifs is 1. The van der Waals surface area contributed by atoms with Gasteiger partial charge in [0.1, 0.15) is 11.3 Å². The molecule has 1 saturated carbocycles. The van der Waals surface area contributed by atoms with Crippen molar-refractivity contribution in [1.29, 1.82) is 0 Å². The molecule has 0 saturated heterocycles.